The van der Waals surface area contributed by atoms with Gasteiger partial charge in [-0.15, -0.1) is 0 Å². The van der Waals surface area contributed by atoms with Crippen LogP contribution in [0.3, 0.4) is 0 Å². The fraction of sp³-hybridized carbons (Fsp3) is 0.483. The quantitative estimate of drug-likeness (QED) is 0.346. The van der Waals surface area contributed by atoms with Crippen molar-refractivity contribution in [2.24, 2.45) is 5.92 Å². The summed E-state index contributed by atoms with van der Waals surface area (Å²) >= 11 is 0. The number of benzene rings is 1. The second-order valence-corrected chi connectivity index (χ2v) is 11.0. The van der Waals surface area contributed by atoms with Crippen LogP contribution in [0.25, 0.3) is 16.9 Å². The summed E-state index contributed by atoms with van der Waals surface area (Å²) in [5.41, 5.74) is 2.34. The van der Waals surface area contributed by atoms with E-state index in [1.165, 1.54) is 0 Å². The number of methoxy groups -OCH3 is 2. The van der Waals surface area contributed by atoms with Crippen molar-refractivity contribution in [3.8, 4) is 22.8 Å². The number of ether oxygens (including phenoxy) is 2. The van der Waals surface area contributed by atoms with Crippen LogP contribution in [0.4, 0.5) is 5.82 Å². The van der Waals surface area contributed by atoms with Gasteiger partial charge in [0.15, 0.2) is 11.5 Å². The average molecular weight is 523 g/mol. The molecule has 0 aliphatic heterocycles. The monoisotopic (exact) mass is 522 g/mol. The highest BCUT2D eigenvalue weighted by atomic mass is 16.5. The van der Waals surface area contributed by atoms with E-state index in [1.807, 2.05) is 28.8 Å². The van der Waals surface area contributed by atoms with Crippen molar-refractivity contribution in [2.45, 2.75) is 70.9 Å². The lowest BCUT2D eigenvalue weighted by atomic mass is 9.82. The van der Waals surface area contributed by atoms with Gasteiger partial charge in [-0.05, 0) is 69.9 Å². The molecule has 2 aromatic heterocycles. The van der Waals surface area contributed by atoms with Crippen LogP contribution in [0.2, 0.25) is 0 Å². The summed E-state index contributed by atoms with van der Waals surface area (Å²) in [6.07, 6.45) is 6.92. The number of carbonyl (C=O) groups is 2. The summed E-state index contributed by atoms with van der Waals surface area (Å²) in [5, 5.41) is 16.0. The van der Waals surface area contributed by atoms with E-state index in [2.05, 4.69) is 31.4 Å². The van der Waals surface area contributed by atoms with Crippen molar-refractivity contribution in [1.82, 2.24) is 14.7 Å². The summed E-state index contributed by atoms with van der Waals surface area (Å²) < 4.78 is 12.8. The van der Waals surface area contributed by atoms with Gasteiger partial charge in [-0.1, -0.05) is 19.3 Å². The Morgan fingerprint density at radius 2 is 1.79 bits per heavy atom. The molecule has 1 aliphatic rings. The first kappa shape index (κ1) is 27.3. The molecular formula is C29H38N4O5. The second kappa shape index (κ2) is 11.3. The van der Waals surface area contributed by atoms with Gasteiger partial charge in [0.25, 0.3) is 5.91 Å². The number of amides is 1. The molecule has 0 spiro atoms. The number of aromatic nitrogens is 2. The first-order chi connectivity index (χ1) is 18.1. The van der Waals surface area contributed by atoms with Gasteiger partial charge in [-0.25, -0.2) is 4.98 Å². The van der Waals surface area contributed by atoms with Crippen LogP contribution in [-0.4, -0.2) is 52.2 Å². The number of carbonyl (C=O) groups excluding carboxylic acids is 1. The van der Waals surface area contributed by atoms with Gasteiger partial charge >= 0.3 is 5.97 Å². The van der Waals surface area contributed by atoms with Crippen LogP contribution in [-0.2, 0) is 4.79 Å². The van der Waals surface area contributed by atoms with E-state index in [1.54, 1.807) is 26.4 Å². The van der Waals surface area contributed by atoms with Gasteiger partial charge in [-0.2, -0.15) is 0 Å². The van der Waals surface area contributed by atoms with E-state index >= 15 is 0 Å². The van der Waals surface area contributed by atoms with Crippen molar-refractivity contribution in [1.29, 1.82) is 0 Å². The highest BCUT2D eigenvalue weighted by Crippen LogP contribution is 2.36. The largest absolute Gasteiger partial charge is 0.493 e. The number of hydrogen-bond acceptors (Lipinski definition) is 6. The zero-order valence-electron chi connectivity index (χ0n) is 22.8. The molecule has 1 saturated carbocycles. The van der Waals surface area contributed by atoms with Crippen LogP contribution >= 0.6 is 0 Å². The number of hydrogen-bond donors (Lipinski definition) is 3. The topological polar surface area (TPSA) is 114 Å². The third-order valence-corrected chi connectivity index (χ3v) is 6.97. The number of imidazole rings is 1. The molecule has 4 rings (SSSR count). The van der Waals surface area contributed by atoms with Gasteiger partial charge in [0, 0.05) is 28.9 Å². The Balaban J connectivity index is 1.70. The molecule has 9 heteroatoms. The number of nitrogens with one attached hydrogen (secondary N) is 2. The number of fused-ring (bicyclic) bond motifs is 1. The van der Waals surface area contributed by atoms with Gasteiger partial charge in [-0.3, -0.25) is 14.0 Å². The maximum absolute atomic E-state index is 13.3. The van der Waals surface area contributed by atoms with E-state index in [0.717, 1.165) is 43.5 Å². The Labute approximate surface area is 223 Å². The first-order valence-electron chi connectivity index (χ1n) is 13.1. The minimum Gasteiger partial charge on any atom is -0.493 e. The Morgan fingerprint density at radius 1 is 1.08 bits per heavy atom. The third kappa shape index (κ3) is 6.20. The van der Waals surface area contributed by atoms with Gasteiger partial charge < -0.3 is 25.2 Å². The molecule has 2 heterocycles. The van der Waals surface area contributed by atoms with E-state index in [-0.39, 0.29) is 23.8 Å². The number of carboxylic acids is 1. The lowest BCUT2D eigenvalue weighted by Gasteiger charge is -2.30. The van der Waals surface area contributed by atoms with Crippen LogP contribution in [0.5, 0.6) is 11.5 Å². The molecule has 1 aromatic carbocycles. The van der Waals surface area contributed by atoms with E-state index in [0.29, 0.717) is 28.4 Å². The molecule has 1 unspecified atom stereocenters. The molecule has 9 nitrogen and oxygen atoms in total. The summed E-state index contributed by atoms with van der Waals surface area (Å²) in [5.74, 6) is 0.998. The fourth-order valence-corrected chi connectivity index (χ4v) is 5.16. The Morgan fingerprint density at radius 3 is 2.42 bits per heavy atom. The minimum atomic E-state index is -0.901. The van der Waals surface area contributed by atoms with Crippen LogP contribution in [0.15, 0.2) is 36.5 Å². The summed E-state index contributed by atoms with van der Waals surface area (Å²) in [6.45, 7) is 6.21. The maximum atomic E-state index is 13.3. The molecule has 204 valence electrons. The van der Waals surface area contributed by atoms with E-state index in [4.69, 9.17) is 14.5 Å². The van der Waals surface area contributed by atoms with Crippen LogP contribution < -0.4 is 20.1 Å². The molecule has 1 aliphatic carbocycles. The molecule has 38 heavy (non-hydrogen) atoms. The van der Waals surface area contributed by atoms with Crippen molar-refractivity contribution >= 4 is 23.3 Å². The molecular weight excluding hydrogens is 484 g/mol. The highest BCUT2D eigenvalue weighted by molar-refractivity contribution is 5.96. The first-order valence-corrected chi connectivity index (χ1v) is 13.1. The Hall–Kier alpha value is -3.75. The summed E-state index contributed by atoms with van der Waals surface area (Å²) in [6, 6.07) is 8.73. The number of aliphatic carboxylic acids is 1. The normalized spacial score (nSPS) is 15.2. The Kier molecular flexibility index (Phi) is 8.14. The lowest BCUT2D eigenvalue weighted by Crippen LogP contribution is -2.42. The summed E-state index contributed by atoms with van der Waals surface area (Å²) in [7, 11) is 3.19. The molecule has 1 fully saturated rings. The predicted molar refractivity (Wildman–Crippen MR) is 147 cm³/mol. The second-order valence-electron chi connectivity index (χ2n) is 11.0. The predicted octanol–water partition coefficient (Wildman–Crippen LogP) is 5.38. The van der Waals surface area contributed by atoms with Crippen LogP contribution in [0, 0.1) is 5.92 Å². The number of pyridine rings is 1. The zero-order chi connectivity index (χ0) is 27.4. The molecule has 0 saturated heterocycles. The molecule has 3 N–H and O–H groups in total. The van der Waals surface area contributed by atoms with Gasteiger partial charge in [0.2, 0.25) is 0 Å². The van der Waals surface area contributed by atoms with E-state index in [9.17, 15) is 14.7 Å². The Bertz CT molecular complexity index is 1300. The SMILES string of the molecule is COc1ccc(-c2nc3cc(C(=O)NC(CC(=O)O)C4CCCCC4)ccn3c2NC(C)(C)C)cc1OC. The number of nitrogens with zero attached hydrogens (tertiary/aromatic N) is 2. The van der Waals surface area contributed by atoms with Gasteiger partial charge in [0.1, 0.15) is 17.2 Å². The minimum absolute atomic E-state index is 0.0782. The molecule has 0 bridgehead atoms. The zero-order valence-corrected chi connectivity index (χ0v) is 22.8. The number of carboxylic acid groups (broad SMARTS) is 1. The van der Waals surface area contributed by atoms with Crippen LogP contribution in [0.1, 0.15) is 69.7 Å². The van der Waals surface area contributed by atoms with Gasteiger partial charge in [0.05, 0.1) is 20.6 Å². The molecule has 0 radical (unpaired) electrons. The molecule has 3 aromatic rings. The van der Waals surface area contributed by atoms with Crippen molar-refractivity contribution in [3.63, 3.8) is 0 Å². The lowest BCUT2D eigenvalue weighted by molar-refractivity contribution is -0.137. The van der Waals surface area contributed by atoms with E-state index < -0.39 is 12.0 Å². The smallest absolute Gasteiger partial charge is 0.305 e. The third-order valence-electron chi connectivity index (χ3n) is 6.97. The number of anilines is 1. The van der Waals surface area contributed by atoms with Crippen molar-refractivity contribution in [2.75, 3.05) is 19.5 Å². The number of rotatable bonds is 9. The van der Waals surface area contributed by atoms with Crippen molar-refractivity contribution in [3.05, 3.63) is 42.1 Å². The fourth-order valence-electron chi connectivity index (χ4n) is 5.16. The summed E-state index contributed by atoms with van der Waals surface area (Å²) in [4.78, 5) is 29.7. The maximum Gasteiger partial charge on any atom is 0.305 e. The standard InChI is InChI=1S/C29H38N4O5/c1-29(2,3)32-27-26(19-11-12-22(37-4)23(15-19)38-5)31-24-16-20(13-14-33(24)27)28(36)30-21(17-25(34)35)18-9-7-6-8-10-18/h11-16,18,21,32H,6-10,17H2,1-5H3,(H,30,36)(H,34,35). The molecule has 1 atom stereocenters. The van der Waals surface area contributed by atoms with Crippen molar-refractivity contribution < 1.29 is 24.2 Å². The average Bonchev–Trinajstić information content (AvgIpc) is 3.24. The molecule has 1 amide bonds. The highest BCUT2D eigenvalue weighted by Gasteiger charge is 2.28.